The molecule has 1 amide bonds. The number of piperidine rings is 1. The number of amides is 1. The molecule has 5 rings (SSSR count). The third-order valence-corrected chi connectivity index (χ3v) is 7.76. The first-order valence-electron chi connectivity index (χ1n) is 13.1. The highest BCUT2D eigenvalue weighted by atomic mass is 16.5. The van der Waals surface area contributed by atoms with E-state index < -0.39 is 0 Å². The van der Waals surface area contributed by atoms with Gasteiger partial charge in [0.05, 0.1) is 7.11 Å². The van der Waals surface area contributed by atoms with Crippen LogP contribution in [0, 0.1) is 0 Å². The van der Waals surface area contributed by atoms with Gasteiger partial charge in [-0.3, -0.25) is 9.69 Å². The third kappa shape index (κ3) is 5.43. The van der Waals surface area contributed by atoms with Crippen molar-refractivity contribution in [1.29, 1.82) is 0 Å². The zero-order valence-electron chi connectivity index (χ0n) is 20.7. The Morgan fingerprint density at radius 3 is 2.57 bits per heavy atom. The molecule has 0 radical (unpaired) electrons. The minimum Gasteiger partial charge on any atom is -0.497 e. The Bertz CT molecular complexity index is 1130. The molecule has 1 saturated heterocycles. The fraction of sp³-hybridized carbons (Fsp3) is 0.387. The fourth-order valence-electron chi connectivity index (χ4n) is 5.93. The van der Waals surface area contributed by atoms with Gasteiger partial charge in [0.25, 0.3) is 5.91 Å². The van der Waals surface area contributed by atoms with E-state index in [1.807, 2.05) is 42.5 Å². The Morgan fingerprint density at radius 2 is 1.77 bits per heavy atom. The summed E-state index contributed by atoms with van der Waals surface area (Å²) in [4.78, 5) is 15.3. The van der Waals surface area contributed by atoms with E-state index in [2.05, 4.69) is 40.5 Å². The first-order valence-corrected chi connectivity index (χ1v) is 13.1. The van der Waals surface area contributed by atoms with Gasteiger partial charge < -0.3 is 10.1 Å². The number of carbonyl (C=O) groups excluding carboxylic acids is 1. The second kappa shape index (κ2) is 11.1. The number of carbonyl (C=O) groups is 1. The van der Waals surface area contributed by atoms with Crippen LogP contribution < -0.4 is 10.1 Å². The monoisotopic (exact) mass is 468 g/mol. The number of methoxy groups -OCH3 is 1. The largest absolute Gasteiger partial charge is 0.497 e. The van der Waals surface area contributed by atoms with E-state index in [4.69, 9.17) is 4.74 Å². The summed E-state index contributed by atoms with van der Waals surface area (Å²) in [6.45, 7) is 3.05. The molecule has 3 aromatic rings. The van der Waals surface area contributed by atoms with Crippen LogP contribution in [0.2, 0.25) is 0 Å². The van der Waals surface area contributed by atoms with Crippen LogP contribution in [0.5, 0.6) is 5.75 Å². The van der Waals surface area contributed by atoms with Crippen LogP contribution in [0.25, 0.3) is 11.1 Å². The van der Waals surface area contributed by atoms with Gasteiger partial charge in [0.1, 0.15) is 5.75 Å². The van der Waals surface area contributed by atoms with E-state index in [1.165, 1.54) is 42.5 Å². The molecule has 2 unspecified atom stereocenters. The summed E-state index contributed by atoms with van der Waals surface area (Å²) in [5.41, 5.74) is 6.04. The number of hydrogen-bond donors (Lipinski definition) is 1. The van der Waals surface area contributed by atoms with Crippen molar-refractivity contribution in [2.24, 2.45) is 0 Å². The Balaban J connectivity index is 1.08. The molecule has 0 saturated carbocycles. The summed E-state index contributed by atoms with van der Waals surface area (Å²) in [6, 6.07) is 25.5. The summed E-state index contributed by atoms with van der Waals surface area (Å²) in [5, 5.41) is 3.11. The summed E-state index contributed by atoms with van der Waals surface area (Å²) in [5.74, 6) is 1.64. The lowest BCUT2D eigenvalue weighted by molar-refractivity contribution is 0.0948. The lowest BCUT2D eigenvalue weighted by Gasteiger charge is -2.45. The maximum absolute atomic E-state index is 12.6. The van der Waals surface area contributed by atoms with Crippen LogP contribution in [0.1, 0.15) is 59.5 Å². The molecule has 182 valence electrons. The van der Waals surface area contributed by atoms with Crippen LogP contribution in [-0.4, -0.2) is 43.6 Å². The molecule has 1 aliphatic heterocycles. The number of rotatable bonds is 8. The van der Waals surface area contributed by atoms with Crippen LogP contribution in [0.3, 0.4) is 0 Å². The van der Waals surface area contributed by atoms with Gasteiger partial charge in [-0.1, -0.05) is 48.5 Å². The van der Waals surface area contributed by atoms with E-state index in [1.54, 1.807) is 7.11 Å². The first kappa shape index (κ1) is 23.6. The fourth-order valence-corrected chi connectivity index (χ4v) is 5.93. The molecule has 1 aliphatic carbocycles. The zero-order chi connectivity index (χ0) is 24.0. The van der Waals surface area contributed by atoms with Gasteiger partial charge in [-0.15, -0.1) is 0 Å². The quantitative estimate of drug-likeness (QED) is 0.408. The number of likely N-dealkylation sites (tertiary alicyclic amines) is 1. The van der Waals surface area contributed by atoms with E-state index in [9.17, 15) is 4.79 Å². The van der Waals surface area contributed by atoms with Crippen molar-refractivity contribution in [1.82, 2.24) is 10.2 Å². The number of benzene rings is 3. The average Bonchev–Trinajstić information content (AvgIpc) is 2.93. The number of nitrogens with one attached hydrogen (secondary N) is 1. The second-order valence-electron chi connectivity index (χ2n) is 9.86. The van der Waals surface area contributed by atoms with Gasteiger partial charge >= 0.3 is 0 Å². The summed E-state index contributed by atoms with van der Waals surface area (Å²) >= 11 is 0. The van der Waals surface area contributed by atoms with E-state index >= 15 is 0 Å². The van der Waals surface area contributed by atoms with Gasteiger partial charge in [-0.25, -0.2) is 0 Å². The SMILES string of the molecule is COc1ccc2c(c1)CCC1C2CCCN1CCCCNC(=O)c1ccc(-c2ccccc2)cc1. The molecule has 4 nitrogen and oxygen atoms in total. The molecule has 0 aromatic heterocycles. The molecule has 1 heterocycles. The molecule has 35 heavy (non-hydrogen) atoms. The predicted molar refractivity (Wildman–Crippen MR) is 142 cm³/mol. The van der Waals surface area contributed by atoms with Crippen molar-refractivity contribution in [3.05, 3.63) is 89.5 Å². The van der Waals surface area contributed by atoms with Crippen molar-refractivity contribution in [2.45, 2.75) is 50.5 Å². The van der Waals surface area contributed by atoms with Crippen molar-refractivity contribution in [2.75, 3.05) is 26.7 Å². The van der Waals surface area contributed by atoms with Gasteiger partial charge in [-0.05, 0) is 104 Å². The molecule has 4 heteroatoms. The highest BCUT2D eigenvalue weighted by Gasteiger charge is 2.35. The van der Waals surface area contributed by atoms with Crippen molar-refractivity contribution >= 4 is 5.91 Å². The molecular weight excluding hydrogens is 432 g/mol. The summed E-state index contributed by atoms with van der Waals surface area (Å²) in [6.07, 6.45) is 7.06. The van der Waals surface area contributed by atoms with Crippen LogP contribution in [0.4, 0.5) is 0 Å². The Kier molecular flexibility index (Phi) is 7.48. The number of fused-ring (bicyclic) bond motifs is 3. The molecule has 2 aliphatic rings. The number of aryl methyl sites for hydroxylation is 1. The summed E-state index contributed by atoms with van der Waals surface area (Å²) < 4.78 is 5.44. The van der Waals surface area contributed by atoms with Gasteiger partial charge in [0.15, 0.2) is 0 Å². The average molecular weight is 469 g/mol. The van der Waals surface area contributed by atoms with Crippen LogP contribution in [0.15, 0.2) is 72.8 Å². The normalized spacial score (nSPS) is 19.5. The number of nitrogens with zero attached hydrogens (tertiary/aromatic N) is 1. The first-order chi connectivity index (χ1) is 17.2. The minimum atomic E-state index is 0.0157. The van der Waals surface area contributed by atoms with Gasteiger partial charge in [0.2, 0.25) is 0 Å². The number of unbranched alkanes of at least 4 members (excludes halogenated alkanes) is 1. The maximum atomic E-state index is 12.6. The minimum absolute atomic E-state index is 0.0157. The molecule has 0 bridgehead atoms. The molecule has 1 N–H and O–H groups in total. The van der Waals surface area contributed by atoms with Gasteiger partial charge in [0, 0.05) is 18.2 Å². The number of ether oxygens (including phenoxy) is 1. The highest BCUT2D eigenvalue weighted by Crippen LogP contribution is 2.41. The lowest BCUT2D eigenvalue weighted by atomic mass is 9.74. The molecule has 3 aromatic carbocycles. The molecule has 1 fully saturated rings. The Hall–Kier alpha value is -3.11. The van der Waals surface area contributed by atoms with Crippen molar-refractivity contribution in [3.63, 3.8) is 0 Å². The summed E-state index contributed by atoms with van der Waals surface area (Å²) in [7, 11) is 1.75. The van der Waals surface area contributed by atoms with E-state index in [0.717, 1.165) is 49.2 Å². The van der Waals surface area contributed by atoms with Crippen molar-refractivity contribution < 1.29 is 9.53 Å². The topological polar surface area (TPSA) is 41.6 Å². The second-order valence-corrected chi connectivity index (χ2v) is 9.86. The van der Waals surface area contributed by atoms with Crippen LogP contribution >= 0.6 is 0 Å². The standard InChI is InChI=1S/C31H36N2O2/c1-35-27-16-17-28-26(22-27)15-18-30-29(28)10-7-21-33(30)20-6-5-19-32-31(34)25-13-11-24(12-14-25)23-8-3-2-4-9-23/h2-4,8-9,11-14,16-17,22,29-30H,5-7,10,15,18-21H2,1H3,(H,32,34). The lowest BCUT2D eigenvalue weighted by Crippen LogP contribution is -2.46. The molecule has 0 spiro atoms. The van der Waals surface area contributed by atoms with Crippen molar-refractivity contribution in [3.8, 4) is 16.9 Å². The van der Waals surface area contributed by atoms with E-state index in [0.29, 0.717) is 12.0 Å². The van der Waals surface area contributed by atoms with Crippen LogP contribution in [-0.2, 0) is 6.42 Å². The highest BCUT2D eigenvalue weighted by molar-refractivity contribution is 5.94. The Morgan fingerprint density at radius 1 is 0.971 bits per heavy atom. The molecular formula is C31H36N2O2. The smallest absolute Gasteiger partial charge is 0.251 e. The van der Waals surface area contributed by atoms with E-state index in [-0.39, 0.29) is 5.91 Å². The van der Waals surface area contributed by atoms with Gasteiger partial charge in [-0.2, -0.15) is 0 Å². The molecule has 2 atom stereocenters. The maximum Gasteiger partial charge on any atom is 0.251 e. The third-order valence-electron chi connectivity index (χ3n) is 7.76. The predicted octanol–water partition coefficient (Wildman–Crippen LogP) is 6.07. The number of hydrogen-bond acceptors (Lipinski definition) is 3. The zero-order valence-corrected chi connectivity index (χ0v) is 20.7. The Labute approximate surface area is 209 Å².